The van der Waals surface area contributed by atoms with Gasteiger partial charge in [0.15, 0.2) is 0 Å². The molecular weight excluding hydrogens is 298 g/mol. The molecule has 0 fully saturated rings. The molecule has 23 heavy (non-hydrogen) atoms. The number of aryl methyl sites for hydroxylation is 2. The van der Waals surface area contributed by atoms with Crippen LogP contribution >= 0.6 is 0 Å². The fourth-order valence-corrected chi connectivity index (χ4v) is 2.16. The Balaban J connectivity index is 2.16. The molecule has 0 bridgehead atoms. The van der Waals surface area contributed by atoms with Crippen LogP contribution in [0.4, 0.5) is 16.2 Å². The molecular formula is C15H19N5O3. The lowest BCUT2D eigenvalue weighted by atomic mass is 10.3. The van der Waals surface area contributed by atoms with Gasteiger partial charge < -0.3 is 21.1 Å². The first kappa shape index (κ1) is 16.3. The van der Waals surface area contributed by atoms with Gasteiger partial charge in [-0.2, -0.15) is 5.10 Å². The number of hydrogen-bond donors (Lipinski definition) is 3. The smallest absolute Gasteiger partial charge is 0.323 e. The van der Waals surface area contributed by atoms with E-state index in [0.717, 1.165) is 0 Å². The molecule has 2 rings (SSSR count). The van der Waals surface area contributed by atoms with Gasteiger partial charge >= 0.3 is 6.03 Å². The van der Waals surface area contributed by atoms with Gasteiger partial charge in [0.25, 0.3) is 5.91 Å². The summed E-state index contributed by atoms with van der Waals surface area (Å²) in [4.78, 5) is 23.7. The van der Waals surface area contributed by atoms with Crippen LogP contribution in [-0.2, 0) is 6.54 Å². The highest BCUT2D eigenvalue weighted by atomic mass is 16.5. The van der Waals surface area contributed by atoms with Crippen molar-refractivity contribution in [2.45, 2.75) is 20.4 Å². The molecule has 0 saturated carbocycles. The molecule has 4 N–H and O–H groups in total. The highest BCUT2D eigenvalue weighted by Crippen LogP contribution is 2.21. The van der Waals surface area contributed by atoms with Gasteiger partial charge in [0.2, 0.25) is 0 Å². The lowest BCUT2D eigenvalue weighted by Gasteiger charge is -2.09. The molecule has 1 aromatic heterocycles. The van der Waals surface area contributed by atoms with E-state index in [-0.39, 0.29) is 5.69 Å². The van der Waals surface area contributed by atoms with E-state index in [1.165, 1.54) is 4.68 Å². The van der Waals surface area contributed by atoms with Crippen molar-refractivity contribution < 1.29 is 14.3 Å². The number of carbonyl (C=O) groups excluding carboxylic acids is 2. The van der Waals surface area contributed by atoms with Crippen molar-refractivity contribution in [1.82, 2.24) is 9.78 Å². The van der Waals surface area contributed by atoms with Gasteiger partial charge in [-0.25, -0.2) is 4.79 Å². The molecule has 3 amide bonds. The van der Waals surface area contributed by atoms with E-state index in [9.17, 15) is 9.59 Å². The van der Waals surface area contributed by atoms with Crippen molar-refractivity contribution >= 4 is 23.3 Å². The summed E-state index contributed by atoms with van der Waals surface area (Å²) in [5.41, 5.74) is 6.97. The van der Waals surface area contributed by atoms with Crippen molar-refractivity contribution in [2.75, 3.05) is 17.7 Å². The van der Waals surface area contributed by atoms with Gasteiger partial charge in [0.1, 0.15) is 11.4 Å². The number of nitrogens with two attached hydrogens (primary N) is 1. The van der Waals surface area contributed by atoms with E-state index in [1.54, 1.807) is 38.3 Å². The maximum Gasteiger partial charge on any atom is 0.323 e. The molecule has 0 aliphatic heterocycles. The van der Waals surface area contributed by atoms with Gasteiger partial charge in [-0.1, -0.05) is 0 Å². The molecule has 2 aromatic rings. The summed E-state index contributed by atoms with van der Waals surface area (Å²) in [5, 5.41) is 9.48. The van der Waals surface area contributed by atoms with Crippen molar-refractivity contribution in [2.24, 2.45) is 5.73 Å². The lowest BCUT2D eigenvalue weighted by molar-refractivity contribution is 0.0991. The predicted octanol–water partition coefficient (Wildman–Crippen LogP) is 1.96. The van der Waals surface area contributed by atoms with Gasteiger partial charge in [-0.15, -0.1) is 0 Å². The summed E-state index contributed by atoms with van der Waals surface area (Å²) in [5.74, 6) is 0.0410. The van der Waals surface area contributed by atoms with E-state index in [2.05, 4.69) is 15.7 Å². The quantitative estimate of drug-likeness (QED) is 0.782. The number of methoxy groups -OCH3 is 1. The topological polar surface area (TPSA) is 111 Å². The number of nitrogens with one attached hydrogen (secondary N) is 2. The first-order chi connectivity index (χ1) is 11.0. The van der Waals surface area contributed by atoms with Gasteiger partial charge in [-0.3, -0.25) is 9.48 Å². The number of benzene rings is 1. The zero-order valence-electron chi connectivity index (χ0n) is 13.2. The Hall–Kier alpha value is -3.03. The van der Waals surface area contributed by atoms with Crippen LogP contribution < -0.4 is 21.1 Å². The normalized spacial score (nSPS) is 10.2. The molecule has 0 radical (unpaired) electrons. The van der Waals surface area contributed by atoms with Crippen LogP contribution in [0.25, 0.3) is 0 Å². The van der Waals surface area contributed by atoms with E-state index in [4.69, 9.17) is 10.5 Å². The maximum absolute atomic E-state index is 12.1. The Morgan fingerprint density at radius 3 is 2.43 bits per heavy atom. The Morgan fingerprint density at radius 2 is 1.91 bits per heavy atom. The summed E-state index contributed by atoms with van der Waals surface area (Å²) < 4.78 is 6.51. The van der Waals surface area contributed by atoms with Crippen LogP contribution in [0, 0.1) is 6.92 Å². The van der Waals surface area contributed by atoms with Crippen molar-refractivity contribution in [1.29, 1.82) is 0 Å². The fourth-order valence-electron chi connectivity index (χ4n) is 2.16. The third-order valence-corrected chi connectivity index (χ3v) is 3.25. The summed E-state index contributed by atoms with van der Waals surface area (Å²) in [7, 11) is 1.56. The first-order valence-corrected chi connectivity index (χ1v) is 7.05. The zero-order chi connectivity index (χ0) is 17.0. The summed E-state index contributed by atoms with van der Waals surface area (Å²) >= 11 is 0. The number of urea groups is 1. The van der Waals surface area contributed by atoms with Crippen LogP contribution in [0.2, 0.25) is 0 Å². The number of amides is 3. The minimum absolute atomic E-state index is 0.176. The van der Waals surface area contributed by atoms with Crippen LogP contribution in [0.3, 0.4) is 0 Å². The Morgan fingerprint density at radius 1 is 1.26 bits per heavy atom. The SMILES string of the molecule is CCn1nc(C)c(NC(=O)Nc2ccc(OC)cc2)c1C(N)=O. The van der Waals surface area contributed by atoms with Crippen LogP contribution in [-0.4, -0.2) is 28.8 Å². The molecule has 0 spiro atoms. The van der Waals surface area contributed by atoms with E-state index < -0.39 is 11.9 Å². The number of rotatable bonds is 5. The average molecular weight is 317 g/mol. The third kappa shape index (κ3) is 3.60. The van der Waals surface area contributed by atoms with Gasteiger partial charge in [0, 0.05) is 12.2 Å². The number of anilines is 2. The molecule has 122 valence electrons. The third-order valence-electron chi connectivity index (χ3n) is 3.25. The van der Waals surface area contributed by atoms with Crippen molar-refractivity contribution in [3.8, 4) is 5.75 Å². The molecule has 0 aliphatic rings. The minimum atomic E-state index is -0.646. The molecule has 0 unspecified atom stereocenters. The van der Waals surface area contributed by atoms with Crippen LogP contribution in [0.15, 0.2) is 24.3 Å². The van der Waals surface area contributed by atoms with Crippen molar-refractivity contribution in [3.05, 3.63) is 35.7 Å². The predicted molar refractivity (Wildman–Crippen MR) is 86.8 cm³/mol. The second-order valence-electron chi connectivity index (χ2n) is 4.80. The molecule has 8 nitrogen and oxygen atoms in total. The maximum atomic E-state index is 12.1. The average Bonchev–Trinajstić information content (AvgIpc) is 2.84. The number of hydrogen-bond acceptors (Lipinski definition) is 4. The Labute approximate surface area is 133 Å². The monoisotopic (exact) mass is 317 g/mol. The Bertz CT molecular complexity index is 721. The number of nitrogens with zero attached hydrogens (tertiary/aromatic N) is 2. The molecule has 0 atom stereocenters. The first-order valence-electron chi connectivity index (χ1n) is 7.05. The second-order valence-corrected chi connectivity index (χ2v) is 4.80. The number of carbonyl (C=O) groups is 2. The highest BCUT2D eigenvalue weighted by Gasteiger charge is 2.20. The van der Waals surface area contributed by atoms with E-state index in [0.29, 0.717) is 29.4 Å². The number of primary amides is 1. The summed E-state index contributed by atoms with van der Waals surface area (Å²) in [6.45, 7) is 4.00. The number of aromatic nitrogens is 2. The van der Waals surface area contributed by atoms with E-state index in [1.807, 2.05) is 6.92 Å². The fraction of sp³-hybridized carbons (Fsp3) is 0.267. The molecule has 1 aromatic carbocycles. The van der Waals surface area contributed by atoms with E-state index >= 15 is 0 Å². The molecule has 0 aliphatic carbocycles. The minimum Gasteiger partial charge on any atom is -0.497 e. The summed E-state index contributed by atoms with van der Waals surface area (Å²) in [6, 6.07) is 6.37. The van der Waals surface area contributed by atoms with Crippen LogP contribution in [0.1, 0.15) is 23.1 Å². The van der Waals surface area contributed by atoms with Gasteiger partial charge in [0.05, 0.1) is 18.5 Å². The van der Waals surface area contributed by atoms with Gasteiger partial charge in [-0.05, 0) is 38.1 Å². The zero-order valence-corrected chi connectivity index (χ0v) is 13.2. The highest BCUT2D eigenvalue weighted by molar-refractivity contribution is 6.05. The van der Waals surface area contributed by atoms with Crippen LogP contribution in [0.5, 0.6) is 5.75 Å². The second kappa shape index (κ2) is 6.82. The molecule has 1 heterocycles. The van der Waals surface area contributed by atoms with Crippen molar-refractivity contribution in [3.63, 3.8) is 0 Å². The molecule has 8 heteroatoms. The Kier molecular flexibility index (Phi) is 4.85. The summed E-state index contributed by atoms with van der Waals surface area (Å²) in [6.07, 6.45) is 0. The standard InChI is InChI=1S/C15H19N5O3/c1-4-20-13(14(16)21)12(9(2)19-20)18-15(22)17-10-5-7-11(23-3)8-6-10/h5-8H,4H2,1-3H3,(H2,16,21)(H2,17,18,22). The number of ether oxygens (including phenoxy) is 1. The largest absolute Gasteiger partial charge is 0.497 e. The molecule has 0 saturated heterocycles. The lowest BCUT2D eigenvalue weighted by Crippen LogP contribution is -2.24.